The number of carbonyl (C=O) groups is 2. The van der Waals surface area contributed by atoms with Gasteiger partial charge in [-0.2, -0.15) is 0 Å². The van der Waals surface area contributed by atoms with E-state index in [9.17, 15) is 9.59 Å². The molecule has 80 valence electrons. The van der Waals surface area contributed by atoms with E-state index in [4.69, 9.17) is 27.8 Å². The molecule has 1 aromatic rings. The Labute approximate surface area is 90.9 Å². The molecule has 2 amide bonds. The van der Waals surface area contributed by atoms with Gasteiger partial charge in [-0.05, 0) is 18.2 Å². The molecule has 1 rings (SSSR count). The van der Waals surface area contributed by atoms with Gasteiger partial charge in [-0.3, -0.25) is 9.59 Å². The maximum atomic E-state index is 11.0. The van der Waals surface area contributed by atoms with Crippen LogP contribution in [0, 0.1) is 0 Å². The molecule has 0 saturated carbocycles. The SMILES string of the molecule is NC(=O)COc1ccc(Cl)cc1C(N)=O. The second kappa shape index (κ2) is 4.65. The zero-order valence-corrected chi connectivity index (χ0v) is 8.45. The first kappa shape index (κ1) is 11.3. The largest absolute Gasteiger partial charge is 0.483 e. The third-order valence-corrected chi connectivity index (χ3v) is 1.81. The van der Waals surface area contributed by atoms with E-state index in [-0.39, 0.29) is 17.9 Å². The van der Waals surface area contributed by atoms with E-state index >= 15 is 0 Å². The Morgan fingerprint density at radius 3 is 2.53 bits per heavy atom. The molecular weight excluding hydrogens is 220 g/mol. The summed E-state index contributed by atoms with van der Waals surface area (Å²) in [4.78, 5) is 21.5. The van der Waals surface area contributed by atoms with Crippen LogP contribution < -0.4 is 16.2 Å². The number of ether oxygens (including phenoxy) is 1. The predicted octanol–water partition coefficient (Wildman–Crippen LogP) is 0.303. The minimum Gasteiger partial charge on any atom is -0.483 e. The summed E-state index contributed by atoms with van der Waals surface area (Å²) in [5.74, 6) is -1.14. The zero-order chi connectivity index (χ0) is 11.4. The highest BCUT2D eigenvalue weighted by Crippen LogP contribution is 2.22. The van der Waals surface area contributed by atoms with Gasteiger partial charge in [0.25, 0.3) is 11.8 Å². The number of benzene rings is 1. The second-order valence-corrected chi connectivity index (χ2v) is 3.20. The van der Waals surface area contributed by atoms with Crippen molar-refractivity contribution in [3.05, 3.63) is 28.8 Å². The zero-order valence-electron chi connectivity index (χ0n) is 7.70. The first-order valence-corrected chi connectivity index (χ1v) is 4.39. The van der Waals surface area contributed by atoms with Crippen LogP contribution >= 0.6 is 11.6 Å². The van der Waals surface area contributed by atoms with E-state index in [0.29, 0.717) is 5.02 Å². The van der Waals surface area contributed by atoms with Crippen LogP contribution in [0.15, 0.2) is 18.2 Å². The summed E-state index contributed by atoms with van der Waals surface area (Å²) in [7, 11) is 0. The molecule has 15 heavy (non-hydrogen) atoms. The summed E-state index contributed by atoms with van der Waals surface area (Å²) in [5.41, 5.74) is 10.1. The third kappa shape index (κ3) is 3.14. The molecular formula is C9H9ClN2O3. The Morgan fingerprint density at radius 1 is 1.33 bits per heavy atom. The van der Waals surface area contributed by atoms with Gasteiger partial charge >= 0.3 is 0 Å². The van der Waals surface area contributed by atoms with Crippen molar-refractivity contribution in [2.24, 2.45) is 11.5 Å². The minimum atomic E-state index is -0.683. The second-order valence-electron chi connectivity index (χ2n) is 2.76. The first-order chi connectivity index (χ1) is 7.00. The molecule has 0 radical (unpaired) electrons. The van der Waals surface area contributed by atoms with Crippen LogP contribution in [0.3, 0.4) is 0 Å². The lowest BCUT2D eigenvalue weighted by molar-refractivity contribution is -0.119. The van der Waals surface area contributed by atoms with Gasteiger partial charge in [0.05, 0.1) is 5.56 Å². The fourth-order valence-corrected chi connectivity index (χ4v) is 1.14. The van der Waals surface area contributed by atoms with Crippen molar-refractivity contribution >= 4 is 23.4 Å². The highest BCUT2D eigenvalue weighted by molar-refractivity contribution is 6.31. The number of primary amides is 2. The normalized spacial score (nSPS) is 9.67. The van der Waals surface area contributed by atoms with Gasteiger partial charge in [0.1, 0.15) is 5.75 Å². The Morgan fingerprint density at radius 2 is 2.00 bits per heavy atom. The van der Waals surface area contributed by atoms with Crippen LogP contribution in [0.25, 0.3) is 0 Å². The van der Waals surface area contributed by atoms with Crippen molar-refractivity contribution < 1.29 is 14.3 Å². The summed E-state index contributed by atoms with van der Waals surface area (Å²) >= 11 is 5.67. The fourth-order valence-electron chi connectivity index (χ4n) is 0.970. The van der Waals surface area contributed by atoms with Crippen molar-refractivity contribution in [3.8, 4) is 5.75 Å². The van der Waals surface area contributed by atoms with E-state index in [1.54, 1.807) is 0 Å². The molecule has 0 spiro atoms. The number of carbonyl (C=O) groups excluding carboxylic acids is 2. The van der Waals surface area contributed by atoms with Gasteiger partial charge in [0.2, 0.25) is 0 Å². The van der Waals surface area contributed by atoms with Gasteiger partial charge in [0.15, 0.2) is 6.61 Å². The van der Waals surface area contributed by atoms with E-state index in [0.717, 1.165) is 0 Å². The lowest BCUT2D eigenvalue weighted by atomic mass is 10.2. The fraction of sp³-hybridized carbons (Fsp3) is 0.111. The minimum absolute atomic E-state index is 0.115. The van der Waals surface area contributed by atoms with E-state index < -0.39 is 11.8 Å². The number of nitrogens with two attached hydrogens (primary N) is 2. The lowest BCUT2D eigenvalue weighted by Gasteiger charge is -2.07. The first-order valence-electron chi connectivity index (χ1n) is 4.01. The molecule has 0 aliphatic carbocycles. The smallest absolute Gasteiger partial charge is 0.255 e. The Bertz CT molecular complexity index is 406. The topological polar surface area (TPSA) is 95.4 Å². The van der Waals surface area contributed by atoms with Gasteiger partial charge < -0.3 is 16.2 Å². The number of hydrogen-bond donors (Lipinski definition) is 2. The van der Waals surface area contributed by atoms with Crippen molar-refractivity contribution in [2.45, 2.75) is 0 Å². The number of rotatable bonds is 4. The van der Waals surface area contributed by atoms with Gasteiger partial charge in [-0.1, -0.05) is 11.6 Å². The number of halogens is 1. The Balaban J connectivity index is 2.95. The van der Waals surface area contributed by atoms with Crippen LogP contribution in [0.5, 0.6) is 5.75 Å². The summed E-state index contributed by atoms with van der Waals surface area (Å²) < 4.78 is 4.98. The molecule has 0 heterocycles. The maximum absolute atomic E-state index is 11.0. The molecule has 6 heteroatoms. The van der Waals surface area contributed by atoms with Crippen molar-refractivity contribution in [1.29, 1.82) is 0 Å². The third-order valence-electron chi connectivity index (χ3n) is 1.58. The number of hydrogen-bond acceptors (Lipinski definition) is 3. The molecule has 0 atom stereocenters. The molecule has 4 N–H and O–H groups in total. The maximum Gasteiger partial charge on any atom is 0.255 e. The summed E-state index contributed by atoms with van der Waals surface area (Å²) in [6.07, 6.45) is 0. The van der Waals surface area contributed by atoms with Crippen LogP contribution in [0.4, 0.5) is 0 Å². The van der Waals surface area contributed by atoms with E-state index in [1.807, 2.05) is 0 Å². The molecule has 0 bridgehead atoms. The van der Waals surface area contributed by atoms with Crippen molar-refractivity contribution in [2.75, 3.05) is 6.61 Å². The highest BCUT2D eigenvalue weighted by Gasteiger charge is 2.10. The lowest BCUT2D eigenvalue weighted by Crippen LogP contribution is -2.21. The van der Waals surface area contributed by atoms with E-state index in [2.05, 4.69) is 0 Å². The highest BCUT2D eigenvalue weighted by atomic mass is 35.5. The van der Waals surface area contributed by atoms with E-state index in [1.165, 1.54) is 18.2 Å². The summed E-state index contributed by atoms with van der Waals surface area (Å²) in [6, 6.07) is 4.33. The average Bonchev–Trinajstić information content (AvgIpc) is 2.15. The Kier molecular flexibility index (Phi) is 3.51. The molecule has 1 aromatic carbocycles. The quantitative estimate of drug-likeness (QED) is 0.776. The van der Waals surface area contributed by atoms with Gasteiger partial charge in [-0.25, -0.2) is 0 Å². The molecule has 5 nitrogen and oxygen atoms in total. The molecule has 0 aromatic heterocycles. The van der Waals surface area contributed by atoms with Crippen molar-refractivity contribution in [1.82, 2.24) is 0 Å². The molecule has 0 saturated heterocycles. The summed E-state index contributed by atoms with van der Waals surface area (Å²) in [5, 5.41) is 0.357. The van der Waals surface area contributed by atoms with Gasteiger partial charge in [-0.15, -0.1) is 0 Å². The van der Waals surface area contributed by atoms with Crippen molar-refractivity contribution in [3.63, 3.8) is 0 Å². The summed E-state index contributed by atoms with van der Waals surface area (Å²) in [6.45, 7) is -0.318. The molecule has 0 unspecified atom stereocenters. The monoisotopic (exact) mass is 228 g/mol. The van der Waals surface area contributed by atoms with Crippen LogP contribution in [-0.2, 0) is 4.79 Å². The average molecular weight is 229 g/mol. The van der Waals surface area contributed by atoms with Gasteiger partial charge in [0, 0.05) is 5.02 Å². The Hall–Kier alpha value is -1.75. The number of amides is 2. The van der Waals surface area contributed by atoms with Crippen LogP contribution in [0.2, 0.25) is 5.02 Å². The van der Waals surface area contributed by atoms with Crippen LogP contribution in [0.1, 0.15) is 10.4 Å². The molecule has 0 aliphatic heterocycles. The molecule has 0 aliphatic rings. The van der Waals surface area contributed by atoms with Crippen LogP contribution in [-0.4, -0.2) is 18.4 Å². The standard InChI is InChI=1S/C9H9ClN2O3/c10-5-1-2-7(15-4-8(11)13)6(3-5)9(12)14/h1-3H,4H2,(H2,11,13)(H2,12,14). The molecule has 0 fully saturated rings. The predicted molar refractivity (Wildman–Crippen MR) is 54.7 cm³/mol.